The molecule has 0 aromatic heterocycles. The molecular weight excluding hydrogens is 296 g/mol. The highest BCUT2D eigenvalue weighted by Crippen LogP contribution is 2.14. The Kier molecular flexibility index (Phi) is 5.62. The van der Waals surface area contributed by atoms with Crippen LogP contribution in [0.15, 0.2) is 23.9 Å². The van der Waals surface area contributed by atoms with Crippen molar-refractivity contribution < 1.29 is 27.8 Å². The molecule has 0 atom stereocenters. The Labute approximate surface area is 126 Å². The van der Waals surface area contributed by atoms with E-state index in [0.29, 0.717) is 0 Å². The molecule has 1 rings (SSSR count). The van der Waals surface area contributed by atoms with Crippen molar-refractivity contribution in [1.29, 1.82) is 0 Å². The molecule has 1 aromatic rings. The minimum absolute atomic E-state index is 0.212. The molecule has 0 heterocycles. The summed E-state index contributed by atoms with van der Waals surface area (Å²) in [6.45, 7) is 4.92. The van der Waals surface area contributed by atoms with E-state index in [1.807, 2.05) is 0 Å². The molecule has 0 aliphatic heterocycles. The second-order valence-corrected chi connectivity index (χ2v) is 5.34. The second kappa shape index (κ2) is 7.02. The van der Waals surface area contributed by atoms with Crippen molar-refractivity contribution in [1.82, 2.24) is 5.32 Å². The van der Waals surface area contributed by atoms with Crippen molar-refractivity contribution in [3.8, 4) is 0 Å². The van der Waals surface area contributed by atoms with Gasteiger partial charge in [0.05, 0.1) is 7.11 Å². The highest BCUT2D eigenvalue weighted by Gasteiger charge is 2.20. The van der Waals surface area contributed by atoms with Gasteiger partial charge in [0.15, 0.2) is 0 Å². The van der Waals surface area contributed by atoms with E-state index in [4.69, 9.17) is 4.74 Å². The fourth-order valence-corrected chi connectivity index (χ4v) is 1.45. The van der Waals surface area contributed by atoms with E-state index < -0.39 is 29.3 Å². The molecule has 0 fully saturated rings. The molecule has 7 heteroatoms. The summed E-state index contributed by atoms with van der Waals surface area (Å²) in [5, 5.41) is 2.16. The number of rotatable bonds is 3. The van der Waals surface area contributed by atoms with Crippen LogP contribution in [0, 0.1) is 11.6 Å². The molecule has 0 bridgehead atoms. The van der Waals surface area contributed by atoms with Crippen LogP contribution in [0.5, 0.6) is 0 Å². The largest absolute Gasteiger partial charge is 0.464 e. The third-order valence-electron chi connectivity index (χ3n) is 2.30. The summed E-state index contributed by atoms with van der Waals surface area (Å²) < 4.78 is 36.2. The van der Waals surface area contributed by atoms with Crippen LogP contribution in [0.4, 0.5) is 13.6 Å². The molecular formula is C15H17F2NO4. The third kappa shape index (κ3) is 5.51. The lowest BCUT2D eigenvalue weighted by Crippen LogP contribution is -2.34. The van der Waals surface area contributed by atoms with Crippen molar-refractivity contribution in [2.45, 2.75) is 26.4 Å². The summed E-state index contributed by atoms with van der Waals surface area (Å²) >= 11 is 0. The molecule has 0 saturated carbocycles. The van der Waals surface area contributed by atoms with Gasteiger partial charge in [0.1, 0.15) is 22.9 Å². The van der Waals surface area contributed by atoms with Gasteiger partial charge in [-0.3, -0.25) is 5.32 Å². The van der Waals surface area contributed by atoms with Gasteiger partial charge >= 0.3 is 12.1 Å². The second-order valence-electron chi connectivity index (χ2n) is 5.34. The fourth-order valence-electron chi connectivity index (χ4n) is 1.45. The molecule has 0 spiro atoms. The Balaban J connectivity index is 3.08. The van der Waals surface area contributed by atoms with Crippen molar-refractivity contribution in [3.05, 3.63) is 41.1 Å². The molecule has 22 heavy (non-hydrogen) atoms. The Hall–Kier alpha value is -2.44. The monoisotopic (exact) mass is 313 g/mol. The average molecular weight is 313 g/mol. The van der Waals surface area contributed by atoms with Gasteiger partial charge in [-0.25, -0.2) is 18.4 Å². The molecule has 1 aromatic carbocycles. The number of benzene rings is 1. The van der Waals surface area contributed by atoms with Gasteiger partial charge in [-0.2, -0.15) is 0 Å². The lowest BCUT2D eigenvalue weighted by Gasteiger charge is -2.20. The quantitative estimate of drug-likeness (QED) is 0.688. The normalized spacial score (nSPS) is 11.8. The molecule has 120 valence electrons. The Morgan fingerprint density at radius 1 is 1.23 bits per heavy atom. The maximum absolute atomic E-state index is 13.6. The first-order chi connectivity index (χ1) is 10.1. The zero-order chi connectivity index (χ0) is 16.9. The molecule has 0 saturated heterocycles. The maximum Gasteiger partial charge on any atom is 0.412 e. The summed E-state index contributed by atoms with van der Waals surface area (Å²) in [4.78, 5) is 23.3. The van der Waals surface area contributed by atoms with Crippen LogP contribution in [-0.4, -0.2) is 24.8 Å². The highest BCUT2D eigenvalue weighted by molar-refractivity contribution is 5.96. The lowest BCUT2D eigenvalue weighted by atomic mass is 10.1. The van der Waals surface area contributed by atoms with Crippen molar-refractivity contribution in [3.63, 3.8) is 0 Å². The first kappa shape index (κ1) is 17.6. The summed E-state index contributed by atoms with van der Waals surface area (Å²) in [6.07, 6.45) is 0.0507. The van der Waals surface area contributed by atoms with E-state index in [9.17, 15) is 18.4 Å². The van der Waals surface area contributed by atoms with Gasteiger partial charge in [-0.05, 0) is 45.0 Å². The number of hydrogen-bond donors (Lipinski definition) is 1. The lowest BCUT2D eigenvalue weighted by molar-refractivity contribution is -0.136. The highest BCUT2D eigenvalue weighted by atomic mass is 19.1. The summed E-state index contributed by atoms with van der Waals surface area (Å²) in [5.41, 5.74) is -1.37. The Morgan fingerprint density at radius 2 is 1.86 bits per heavy atom. The molecule has 0 aliphatic carbocycles. The van der Waals surface area contributed by atoms with Crippen molar-refractivity contribution in [2.75, 3.05) is 7.11 Å². The number of carbonyl (C=O) groups excluding carboxylic acids is 2. The predicted octanol–water partition coefficient (Wildman–Crippen LogP) is 3.00. The summed E-state index contributed by atoms with van der Waals surface area (Å²) in [6, 6.07) is 2.73. The smallest absolute Gasteiger partial charge is 0.412 e. The van der Waals surface area contributed by atoms with Crippen LogP contribution >= 0.6 is 0 Å². The van der Waals surface area contributed by atoms with Crippen LogP contribution in [0.1, 0.15) is 26.3 Å². The van der Waals surface area contributed by atoms with E-state index in [2.05, 4.69) is 10.1 Å². The van der Waals surface area contributed by atoms with Gasteiger partial charge in [-0.1, -0.05) is 0 Å². The van der Waals surface area contributed by atoms with Crippen LogP contribution < -0.4 is 5.32 Å². The van der Waals surface area contributed by atoms with Gasteiger partial charge in [0.25, 0.3) is 0 Å². The summed E-state index contributed by atoms with van der Waals surface area (Å²) in [7, 11) is 1.09. The fraction of sp³-hybridized carbons (Fsp3) is 0.333. The number of alkyl carbamates (subject to hydrolysis) is 1. The van der Waals surface area contributed by atoms with Gasteiger partial charge < -0.3 is 9.47 Å². The minimum atomic E-state index is -0.922. The number of methoxy groups -OCH3 is 1. The number of amides is 1. The van der Waals surface area contributed by atoms with Crippen molar-refractivity contribution >= 4 is 18.1 Å². The predicted molar refractivity (Wildman–Crippen MR) is 75.7 cm³/mol. The van der Waals surface area contributed by atoms with Crippen LogP contribution in [0.25, 0.3) is 6.08 Å². The SMILES string of the molecule is COC(=O)/C(=C\c1cc(F)ccc1F)NC(=O)OC(C)(C)C. The molecule has 0 unspecified atom stereocenters. The number of halogens is 2. The zero-order valence-electron chi connectivity index (χ0n) is 12.7. The minimum Gasteiger partial charge on any atom is -0.464 e. The van der Waals surface area contributed by atoms with E-state index in [0.717, 1.165) is 31.4 Å². The number of esters is 1. The Bertz CT molecular complexity index is 606. The number of carbonyl (C=O) groups is 2. The van der Waals surface area contributed by atoms with Gasteiger partial charge in [-0.15, -0.1) is 0 Å². The maximum atomic E-state index is 13.6. The number of hydrogen-bond acceptors (Lipinski definition) is 4. The number of ether oxygens (including phenoxy) is 2. The molecule has 1 amide bonds. The molecule has 0 aliphatic rings. The number of nitrogens with one attached hydrogen (secondary N) is 1. The summed E-state index contributed by atoms with van der Waals surface area (Å²) in [5.74, 6) is -2.36. The van der Waals surface area contributed by atoms with E-state index in [-0.39, 0.29) is 11.3 Å². The van der Waals surface area contributed by atoms with Gasteiger partial charge in [0, 0.05) is 5.56 Å². The van der Waals surface area contributed by atoms with Crippen LogP contribution in [0.3, 0.4) is 0 Å². The average Bonchev–Trinajstić information content (AvgIpc) is 2.39. The first-order valence-electron chi connectivity index (χ1n) is 6.37. The Morgan fingerprint density at radius 3 is 2.41 bits per heavy atom. The van der Waals surface area contributed by atoms with E-state index in [1.165, 1.54) is 0 Å². The van der Waals surface area contributed by atoms with Gasteiger partial charge in [0.2, 0.25) is 0 Å². The topological polar surface area (TPSA) is 64.6 Å². The standard InChI is InChI=1S/C15H17F2NO4/c1-15(2,3)22-14(20)18-12(13(19)21-4)8-9-7-10(16)5-6-11(9)17/h5-8H,1-4H3,(H,18,20)/b12-8+. The van der Waals surface area contributed by atoms with Crippen molar-refractivity contribution in [2.24, 2.45) is 0 Å². The third-order valence-corrected chi connectivity index (χ3v) is 2.30. The van der Waals surface area contributed by atoms with E-state index >= 15 is 0 Å². The van der Waals surface area contributed by atoms with Crippen LogP contribution in [-0.2, 0) is 14.3 Å². The molecule has 5 nitrogen and oxygen atoms in total. The zero-order valence-corrected chi connectivity index (χ0v) is 12.7. The van der Waals surface area contributed by atoms with E-state index in [1.54, 1.807) is 20.8 Å². The first-order valence-corrected chi connectivity index (χ1v) is 6.37. The van der Waals surface area contributed by atoms with Crippen LogP contribution in [0.2, 0.25) is 0 Å². The molecule has 0 radical (unpaired) electrons. The molecule has 1 N–H and O–H groups in total.